The zero-order valence-electron chi connectivity index (χ0n) is 11.3. The monoisotopic (exact) mass is 338 g/mol. The molecule has 0 saturated heterocycles. The van der Waals surface area contributed by atoms with E-state index in [0.29, 0.717) is 5.56 Å². The number of aryl methyl sites for hydroxylation is 1. The summed E-state index contributed by atoms with van der Waals surface area (Å²) in [6, 6.07) is 16.0. The minimum atomic E-state index is 0.577. The van der Waals surface area contributed by atoms with Crippen molar-refractivity contribution in [2.24, 2.45) is 7.05 Å². The van der Waals surface area contributed by atoms with E-state index in [4.69, 9.17) is 0 Å². The van der Waals surface area contributed by atoms with E-state index in [-0.39, 0.29) is 0 Å². The summed E-state index contributed by atoms with van der Waals surface area (Å²) in [7, 11) is 1.88. The fraction of sp³-hybridized carbons (Fsp3) is 0.0625. The maximum atomic E-state index is 9.25. The Hall–Kier alpha value is -2.45. The van der Waals surface area contributed by atoms with Crippen LogP contribution < -0.4 is 0 Å². The normalized spacial score (nSPS) is 10.3. The van der Waals surface area contributed by atoms with Gasteiger partial charge < -0.3 is 4.57 Å². The molecule has 0 saturated carbocycles. The lowest BCUT2D eigenvalue weighted by molar-refractivity contribution is 0.919. The summed E-state index contributed by atoms with van der Waals surface area (Å²) in [4.78, 5) is 0. The van der Waals surface area contributed by atoms with Crippen molar-refractivity contribution in [2.45, 2.75) is 0 Å². The van der Waals surface area contributed by atoms with E-state index >= 15 is 0 Å². The maximum Gasteiger partial charge on any atom is 0.165 e. The summed E-state index contributed by atoms with van der Waals surface area (Å²) in [6.07, 6.45) is 1.65. The van der Waals surface area contributed by atoms with Gasteiger partial charge in [-0.25, -0.2) is 0 Å². The molecule has 1 aromatic heterocycles. The predicted octanol–water partition coefficient (Wildman–Crippen LogP) is 3.78. The lowest BCUT2D eigenvalue weighted by Crippen LogP contribution is -1.97. The molecule has 0 unspecified atom stereocenters. The summed E-state index contributed by atoms with van der Waals surface area (Å²) >= 11 is 3.54. The third-order valence-corrected chi connectivity index (χ3v) is 4.11. The van der Waals surface area contributed by atoms with Crippen LogP contribution in [0.2, 0.25) is 0 Å². The molecule has 0 amide bonds. The van der Waals surface area contributed by atoms with Crippen molar-refractivity contribution in [1.29, 1.82) is 5.26 Å². The summed E-state index contributed by atoms with van der Waals surface area (Å²) < 4.78 is 2.58. The quantitative estimate of drug-likeness (QED) is 0.714. The smallest absolute Gasteiger partial charge is 0.165 e. The number of hydrogen-bond donors (Lipinski definition) is 0. The Morgan fingerprint density at radius 2 is 1.90 bits per heavy atom. The first-order valence-electron chi connectivity index (χ1n) is 6.34. The number of halogens is 1. The lowest BCUT2D eigenvalue weighted by Gasteiger charge is -2.12. The van der Waals surface area contributed by atoms with Gasteiger partial charge in [-0.15, -0.1) is 10.2 Å². The van der Waals surface area contributed by atoms with Crippen LogP contribution in [0.4, 0.5) is 0 Å². The highest BCUT2D eigenvalue weighted by molar-refractivity contribution is 9.10. The molecule has 102 valence electrons. The fourth-order valence-corrected chi connectivity index (χ4v) is 2.86. The molecule has 0 radical (unpaired) electrons. The van der Waals surface area contributed by atoms with E-state index < -0.39 is 0 Å². The van der Waals surface area contributed by atoms with Crippen LogP contribution in [-0.2, 0) is 7.05 Å². The Labute approximate surface area is 130 Å². The molecule has 0 aliphatic carbocycles. The van der Waals surface area contributed by atoms with Gasteiger partial charge in [-0.3, -0.25) is 0 Å². The van der Waals surface area contributed by atoms with Crippen molar-refractivity contribution < 1.29 is 0 Å². The van der Waals surface area contributed by atoms with E-state index in [1.807, 2.05) is 54.1 Å². The fourth-order valence-electron chi connectivity index (χ4n) is 2.25. The molecule has 4 nitrogen and oxygen atoms in total. The first-order chi connectivity index (χ1) is 10.2. The second-order valence-corrected chi connectivity index (χ2v) is 5.39. The molecule has 0 spiro atoms. The molecule has 3 aromatic rings. The summed E-state index contributed by atoms with van der Waals surface area (Å²) in [6.45, 7) is 0. The molecule has 0 fully saturated rings. The second kappa shape index (κ2) is 5.51. The van der Waals surface area contributed by atoms with Gasteiger partial charge in [-0.2, -0.15) is 5.26 Å². The molecule has 3 rings (SSSR count). The molecule has 0 bridgehead atoms. The molecule has 0 aliphatic rings. The average Bonchev–Trinajstić information content (AvgIpc) is 2.93. The Morgan fingerprint density at radius 1 is 1.14 bits per heavy atom. The van der Waals surface area contributed by atoms with E-state index in [2.05, 4.69) is 32.2 Å². The molecule has 21 heavy (non-hydrogen) atoms. The largest absolute Gasteiger partial charge is 0.317 e. The van der Waals surface area contributed by atoms with Gasteiger partial charge in [0.2, 0.25) is 0 Å². The SMILES string of the molecule is Cn1cnnc1-c1c(-c2ccccc2)ccc(C#N)c1Br. The van der Waals surface area contributed by atoms with Crippen LogP contribution in [-0.4, -0.2) is 14.8 Å². The van der Waals surface area contributed by atoms with Gasteiger partial charge in [0.15, 0.2) is 5.82 Å². The van der Waals surface area contributed by atoms with Crippen LogP contribution in [0.5, 0.6) is 0 Å². The van der Waals surface area contributed by atoms with Crippen LogP contribution in [0.3, 0.4) is 0 Å². The zero-order valence-corrected chi connectivity index (χ0v) is 12.9. The molecule has 5 heteroatoms. The first-order valence-corrected chi connectivity index (χ1v) is 7.14. The minimum absolute atomic E-state index is 0.577. The van der Waals surface area contributed by atoms with Crippen LogP contribution in [0, 0.1) is 11.3 Å². The maximum absolute atomic E-state index is 9.25. The van der Waals surface area contributed by atoms with Crippen molar-refractivity contribution in [3.05, 3.63) is 58.8 Å². The van der Waals surface area contributed by atoms with E-state index in [0.717, 1.165) is 27.0 Å². The third-order valence-electron chi connectivity index (χ3n) is 3.28. The highest BCUT2D eigenvalue weighted by Crippen LogP contribution is 2.38. The molecular formula is C16H11BrN4. The number of nitrogens with zero attached hydrogens (tertiary/aromatic N) is 4. The Bertz CT molecular complexity index is 831. The van der Waals surface area contributed by atoms with Crippen molar-refractivity contribution >= 4 is 15.9 Å². The lowest BCUT2D eigenvalue weighted by atomic mass is 9.97. The summed E-state index contributed by atoms with van der Waals surface area (Å²) in [5.74, 6) is 0.720. The van der Waals surface area contributed by atoms with Crippen molar-refractivity contribution in [3.63, 3.8) is 0 Å². The number of benzene rings is 2. The third kappa shape index (κ3) is 2.34. The minimum Gasteiger partial charge on any atom is -0.317 e. The van der Waals surface area contributed by atoms with Gasteiger partial charge >= 0.3 is 0 Å². The highest BCUT2D eigenvalue weighted by atomic mass is 79.9. The number of hydrogen-bond acceptors (Lipinski definition) is 3. The van der Waals surface area contributed by atoms with Gasteiger partial charge in [-0.05, 0) is 33.1 Å². The molecule has 0 N–H and O–H groups in total. The van der Waals surface area contributed by atoms with Crippen molar-refractivity contribution in [1.82, 2.24) is 14.8 Å². The molecule has 0 atom stereocenters. The molecular weight excluding hydrogens is 328 g/mol. The average molecular weight is 339 g/mol. The Balaban J connectivity index is 2.34. The van der Waals surface area contributed by atoms with Crippen LogP contribution in [0.1, 0.15) is 5.56 Å². The van der Waals surface area contributed by atoms with Gasteiger partial charge in [0, 0.05) is 17.1 Å². The number of aromatic nitrogens is 3. The van der Waals surface area contributed by atoms with Crippen LogP contribution >= 0.6 is 15.9 Å². The van der Waals surface area contributed by atoms with Crippen LogP contribution in [0.15, 0.2) is 53.3 Å². The number of rotatable bonds is 2. The Kier molecular flexibility index (Phi) is 3.55. The Morgan fingerprint density at radius 3 is 2.52 bits per heavy atom. The molecule has 1 heterocycles. The first kappa shape index (κ1) is 13.5. The van der Waals surface area contributed by atoms with Gasteiger partial charge in [0.05, 0.1) is 5.56 Å². The van der Waals surface area contributed by atoms with Gasteiger partial charge in [-0.1, -0.05) is 36.4 Å². The predicted molar refractivity (Wildman–Crippen MR) is 84.3 cm³/mol. The van der Waals surface area contributed by atoms with E-state index in [1.54, 1.807) is 6.33 Å². The van der Waals surface area contributed by atoms with Crippen molar-refractivity contribution in [3.8, 4) is 28.6 Å². The standard InChI is InChI=1S/C16H11BrN4/c1-21-10-19-20-16(21)14-13(11-5-3-2-4-6-11)8-7-12(9-18)15(14)17/h2-8,10H,1H3. The van der Waals surface area contributed by atoms with E-state index in [9.17, 15) is 5.26 Å². The van der Waals surface area contributed by atoms with Crippen molar-refractivity contribution in [2.75, 3.05) is 0 Å². The second-order valence-electron chi connectivity index (χ2n) is 4.59. The highest BCUT2D eigenvalue weighted by Gasteiger charge is 2.18. The van der Waals surface area contributed by atoms with Gasteiger partial charge in [0.1, 0.15) is 12.4 Å². The summed E-state index contributed by atoms with van der Waals surface area (Å²) in [5, 5.41) is 17.4. The number of nitriles is 1. The zero-order chi connectivity index (χ0) is 14.8. The molecule has 0 aliphatic heterocycles. The molecule has 2 aromatic carbocycles. The topological polar surface area (TPSA) is 54.5 Å². The van der Waals surface area contributed by atoms with Crippen LogP contribution in [0.25, 0.3) is 22.5 Å². The summed E-state index contributed by atoms with van der Waals surface area (Å²) in [5.41, 5.74) is 3.53. The van der Waals surface area contributed by atoms with E-state index in [1.165, 1.54) is 0 Å². The van der Waals surface area contributed by atoms with Gasteiger partial charge in [0.25, 0.3) is 0 Å².